The van der Waals surface area contributed by atoms with Gasteiger partial charge in [0.25, 0.3) is 0 Å². The van der Waals surface area contributed by atoms with Crippen molar-refractivity contribution in [1.82, 2.24) is 0 Å². The first kappa shape index (κ1) is 11.1. The number of aryl methyl sites for hydroxylation is 3. The summed E-state index contributed by atoms with van der Waals surface area (Å²) in [7, 11) is 0. The van der Waals surface area contributed by atoms with Crippen molar-refractivity contribution in [3.05, 3.63) is 28.8 Å². The van der Waals surface area contributed by atoms with Crippen LogP contribution >= 0.6 is 0 Å². The third-order valence-corrected chi connectivity index (χ3v) is 2.65. The van der Waals surface area contributed by atoms with Gasteiger partial charge >= 0.3 is 0 Å². The quantitative estimate of drug-likeness (QED) is 0.772. The molecule has 0 unspecified atom stereocenters. The summed E-state index contributed by atoms with van der Waals surface area (Å²) in [6.45, 7) is 6.30. The van der Waals surface area contributed by atoms with E-state index in [-0.39, 0.29) is 0 Å². The number of phenols is 1. The van der Waals surface area contributed by atoms with Crippen LogP contribution in [0.3, 0.4) is 0 Å². The number of unbranched alkanes of at least 4 members (excludes halogenated alkanes) is 1. The Bertz CT molecular complexity index is 302. The molecule has 0 aromatic heterocycles. The number of rotatable bonds is 4. The van der Waals surface area contributed by atoms with Crippen molar-refractivity contribution in [2.75, 3.05) is 0 Å². The first-order chi connectivity index (χ1) is 6.69. The van der Waals surface area contributed by atoms with Crippen LogP contribution in [-0.2, 0) is 12.8 Å². The molecule has 1 nitrogen and oxygen atoms in total. The van der Waals surface area contributed by atoms with E-state index in [4.69, 9.17) is 0 Å². The van der Waals surface area contributed by atoms with E-state index in [1.165, 1.54) is 12.0 Å². The molecule has 1 N–H and O–H groups in total. The fraction of sp³-hybridized carbons (Fsp3) is 0.538. The Labute approximate surface area is 86.8 Å². The standard InChI is InChI=1S/C13H20O/c1-4-6-7-12-9-11(5-2)8-10(3)13(12)14/h8-9,14H,4-7H2,1-3H3. The molecule has 0 spiro atoms. The number of benzene rings is 1. The molecule has 0 heterocycles. The van der Waals surface area contributed by atoms with Gasteiger partial charge in [-0.05, 0) is 42.9 Å². The first-order valence-electron chi connectivity index (χ1n) is 5.50. The molecule has 0 bridgehead atoms. The zero-order valence-corrected chi connectivity index (χ0v) is 9.43. The van der Waals surface area contributed by atoms with Crippen molar-refractivity contribution in [3.8, 4) is 5.75 Å². The normalized spacial score (nSPS) is 10.5. The Morgan fingerprint density at radius 3 is 2.50 bits per heavy atom. The maximum Gasteiger partial charge on any atom is 0.121 e. The van der Waals surface area contributed by atoms with Gasteiger partial charge in [-0.25, -0.2) is 0 Å². The minimum atomic E-state index is 0.496. The number of hydrogen-bond acceptors (Lipinski definition) is 1. The highest BCUT2D eigenvalue weighted by Crippen LogP contribution is 2.25. The maximum absolute atomic E-state index is 9.84. The molecule has 0 aliphatic heterocycles. The summed E-state index contributed by atoms with van der Waals surface area (Å²) >= 11 is 0. The van der Waals surface area contributed by atoms with E-state index >= 15 is 0 Å². The lowest BCUT2D eigenvalue weighted by Crippen LogP contribution is -1.92. The summed E-state index contributed by atoms with van der Waals surface area (Å²) < 4.78 is 0. The van der Waals surface area contributed by atoms with Crippen LogP contribution in [0.5, 0.6) is 5.75 Å². The lowest BCUT2D eigenvalue weighted by molar-refractivity contribution is 0.462. The highest BCUT2D eigenvalue weighted by molar-refractivity contribution is 5.43. The average molecular weight is 192 g/mol. The number of aromatic hydroxyl groups is 1. The summed E-state index contributed by atoms with van der Waals surface area (Å²) in [6, 6.07) is 4.21. The Morgan fingerprint density at radius 2 is 1.93 bits per heavy atom. The second-order valence-electron chi connectivity index (χ2n) is 3.88. The summed E-state index contributed by atoms with van der Waals surface area (Å²) in [4.78, 5) is 0. The van der Waals surface area contributed by atoms with Crippen molar-refractivity contribution in [1.29, 1.82) is 0 Å². The molecule has 0 atom stereocenters. The summed E-state index contributed by atoms with van der Waals surface area (Å²) in [6.07, 6.45) is 4.37. The molecule has 0 saturated carbocycles. The fourth-order valence-corrected chi connectivity index (χ4v) is 1.70. The van der Waals surface area contributed by atoms with Gasteiger partial charge in [0.1, 0.15) is 5.75 Å². The Kier molecular flexibility index (Phi) is 3.99. The predicted octanol–water partition coefficient (Wildman–Crippen LogP) is 3.61. The van der Waals surface area contributed by atoms with E-state index < -0.39 is 0 Å². The fourth-order valence-electron chi connectivity index (χ4n) is 1.70. The van der Waals surface area contributed by atoms with Crippen LogP contribution in [0.15, 0.2) is 12.1 Å². The molecule has 1 aromatic carbocycles. The van der Waals surface area contributed by atoms with Crippen molar-refractivity contribution in [2.45, 2.75) is 46.5 Å². The Balaban J connectivity index is 2.95. The summed E-state index contributed by atoms with van der Waals surface area (Å²) in [5, 5.41) is 9.84. The van der Waals surface area contributed by atoms with Crippen LogP contribution in [0.4, 0.5) is 0 Å². The van der Waals surface area contributed by atoms with E-state index in [1.54, 1.807) is 0 Å². The SMILES string of the molecule is CCCCc1cc(CC)cc(C)c1O. The van der Waals surface area contributed by atoms with Crippen LogP contribution in [0.2, 0.25) is 0 Å². The number of phenolic OH excluding ortho intramolecular Hbond substituents is 1. The molecule has 0 amide bonds. The minimum absolute atomic E-state index is 0.496. The van der Waals surface area contributed by atoms with Crippen LogP contribution in [0.1, 0.15) is 43.4 Å². The second-order valence-corrected chi connectivity index (χ2v) is 3.88. The van der Waals surface area contributed by atoms with Gasteiger partial charge in [0.05, 0.1) is 0 Å². The Morgan fingerprint density at radius 1 is 1.21 bits per heavy atom. The van der Waals surface area contributed by atoms with Gasteiger partial charge in [0, 0.05) is 0 Å². The monoisotopic (exact) mass is 192 g/mol. The van der Waals surface area contributed by atoms with Crippen molar-refractivity contribution < 1.29 is 5.11 Å². The molecule has 78 valence electrons. The second kappa shape index (κ2) is 5.04. The van der Waals surface area contributed by atoms with E-state index in [0.29, 0.717) is 5.75 Å². The van der Waals surface area contributed by atoms with E-state index in [2.05, 4.69) is 26.0 Å². The van der Waals surface area contributed by atoms with Crippen LogP contribution in [0, 0.1) is 6.92 Å². The van der Waals surface area contributed by atoms with E-state index in [1.807, 2.05) is 6.92 Å². The molecule has 0 fully saturated rings. The van der Waals surface area contributed by atoms with Gasteiger partial charge in [-0.3, -0.25) is 0 Å². The molecule has 1 aromatic rings. The van der Waals surface area contributed by atoms with E-state index in [0.717, 1.165) is 30.4 Å². The smallest absolute Gasteiger partial charge is 0.121 e. The molecule has 0 saturated heterocycles. The van der Waals surface area contributed by atoms with Crippen molar-refractivity contribution in [2.24, 2.45) is 0 Å². The molecule has 0 aliphatic carbocycles. The van der Waals surface area contributed by atoms with Crippen LogP contribution in [0.25, 0.3) is 0 Å². The summed E-state index contributed by atoms with van der Waals surface area (Å²) in [5.41, 5.74) is 3.45. The lowest BCUT2D eigenvalue weighted by atomic mass is 9.99. The van der Waals surface area contributed by atoms with Gasteiger partial charge in [-0.15, -0.1) is 0 Å². The molecule has 0 radical (unpaired) electrons. The molecule has 14 heavy (non-hydrogen) atoms. The maximum atomic E-state index is 9.84. The van der Waals surface area contributed by atoms with Crippen molar-refractivity contribution in [3.63, 3.8) is 0 Å². The van der Waals surface area contributed by atoms with Crippen LogP contribution < -0.4 is 0 Å². The third kappa shape index (κ3) is 2.50. The molecule has 0 aliphatic rings. The first-order valence-corrected chi connectivity index (χ1v) is 5.50. The predicted molar refractivity (Wildman–Crippen MR) is 60.8 cm³/mol. The lowest BCUT2D eigenvalue weighted by Gasteiger charge is -2.09. The third-order valence-electron chi connectivity index (χ3n) is 2.65. The van der Waals surface area contributed by atoms with Crippen molar-refractivity contribution >= 4 is 0 Å². The Hall–Kier alpha value is -0.980. The zero-order valence-electron chi connectivity index (χ0n) is 9.43. The minimum Gasteiger partial charge on any atom is -0.507 e. The van der Waals surface area contributed by atoms with E-state index in [9.17, 15) is 5.11 Å². The van der Waals surface area contributed by atoms with Gasteiger partial charge < -0.3 is 5.11 Å². The van der Waals surface area contributed by atoms with Gasteiger partial charge in [0.2, 0.25) is 0 Å². The average Bonchev–Trinajstić information content (AvgIpc) is 2.20. The van der Waals surface area contributed by atoms with Gasteiger partial charge in [-0.1, -0.05) is 32.4 Å². The summed E-state index contributed by atoms with van der Waals surface area (Å²) in [5.74, 6) is 0.496. The largest absolute Gasteiger partial charge is 0.507 e. The number of hydrogen-bond donors (Lipinski definition) is 1. The molecule has 1 heteroatoms. The highest BCUT2D eigenvalue weighted by Gasteiger charge is 2.05. The van der Waals surface area contributed by atoms with Gasteiger partial charge in [-0.2, -0.15) is 0 Å². The highest BCUT2D eigenvalue weighted by atomic mass is 16.3. The molecular weight excluding hydrogens is 172 g/mol. The molecule has 1 rings (SSSR count). The van der Waals surface area contributed by atoms with Crippen LogP contribution in [-0.4, -0.2) is 5.11 Å². The zero-order chi connectivity index (χ0) is 10.6. The topological polar surface area (TPSA) is 20.2 Å². The molecular formula is C13H20O. The van der Waals surface area contributed by atoms with Gasteiger partial charge in [0.15, 0.2) is 0 Å².